The number of unbranched alkanes of at least 4 members (excludes halogenated alkanes) is 21. The van der Waals surface area contributed by atoms with Crippen LogP contribution in [-0.2, 0) is 4.79 Å². The van der Waals surface area contributed by atoms with Gasteiger partial charge in [0.15, 0.2) is 0 Å². The molecule has 0 fully saturated rings. The fourth-order valence-electron chi connectivity index (χ4n) is 5.78. The number of aliphatic hydroxyl groups is 2. The first-order valence-electron chi connectivity index (χ1n) is 20.5. The molecular weight excluding hydrogens is 590 g/mol. The second kappa shape index (κ2) is 39.5. The van der Waals surface area contributed by atoms with Gasteiger partial charge in [0, 0.05) is 6.42 Å². The maximum atomic E-state index is 12.3. The van der Waals surface area contributed by atoms with E-state index in [1.807, 2.05) is 6.08 Å². The van der Waals surface area contributed by atoms with Crippen molar-refractivity contribution in [2.75, 3.05) is 6.61 Å². The van der Waals surface area contributed by atoms with Crippen molar-refractivity contribution in [3.05, 3.63) is 60.8 Å². The first kappa shape index (κ1) is 46.1. The molecule has 0 saturated heterocycles. The number of hydrogen-bond donors (Lipinski definition) is 3. The number of amides is 1. The van der Waals surface area contributed by atoms with Gasteiger partial charge in [0.05, 0.1) is 18.8 Å². The molecule has 0 aromatic heterocycles. The third-order valence-corrected chi connectivity index (χ3v) is 8.93. The van der Waals surface area contributed by atoms with E-state index in [2.05, 4.69) is 67.8 Å². The average molecular weight is 670 g/mol. The van der Waals surface area contributed by atoms with E-state index in [4.69, 9.17) is 0 Å². The molecule has 2 unspecified atom stereocenters. The number of allylic oxidation sites excluding steroid dienone is 9. The first-order chi connectivity index (χ1) is 23.7. The molecule has 0 radical (unpaired) electrons. The molecule has 0 saturated carbocycles. The minimum absolute atomic E-state index is 0.0955. The lowest BCUT2D eigenvalue weighted by atomic mass is 10.0. The summed E-state index contributed by atoms with van der Waals surface area (Å²) in [6, 6.07) is -0.653. The van der Waals surface area contributed by atoms with Crippen LogP contribution < -0.4 is 5.32 Å². The van der Waals surface area contributed by atoms with Crippen molar-refractivity contribution in [2.45, 2.75) is 206 Å². The quantitative estimate of drug-likeness (QED) is 0.0459. The van der Waals surface area contributed by atoms with Crippen molar-refractivity contribution >= 4 is 5.91 Å². The van der Waals surface area contributed by atoms with E-state index in [9.17, 15) is 15.0 Å². The van der Waals surface area contributed by atoms with E-state index in [1.54, 1.807) is 6.08 Å². The molecule has 0 rings (SSSR count). The maximum absolute atomic E-state index is 12.3. The van der Waals surface area contributed by atoms with E-state index in [-0.39, 0.29) is 12.5 Å². The Bertz CT molecular complexity index is 812. The number of carbonyl (C=O) groups excluding carboxylic acids is 1. The normalized spacial score (nSPS) is 13.7. The number of nitrogens with one attached hydrogen (secondary N) is 1. The Morgan fingerprint density at radius 3 is 1.42 bits per heavy atom. The third kappa shape index (κ3) is 35.4. The zero-order chi connectivity index (χ0) is 35.0. The van der Waals surface area contributed by atoms with Crippen molar-refractivity contribution in [1.82, 2.24) is 5.32 Å². The molecular formula is C44H79NO3. The topological polar surface area (TPSA) is 69.6 Å². The fourth-order valence-corrected chi connectivity index (χ4v) is 5.78. The van der Waals surface area contributed by atoms with E-state index >= 15 is 0 Å². The summed E-state index contributed by atoms with van der Waals surface area (Å²) >= 11 is 0. The highest BCUT2D eigenvalue weighted by atomic mass is 16.3. The van der Waals surface area contributed by atoms with Gasteiger partial charge in [-0.05, 0) is 70.6 Å². The minimum atomic E-state index is -0.877. The highest BCUT2D eigenvalue weighted by Gasteiger charge is 2.17. The predicted octanol–water partition coefficient (Wildman–Crippen LogP) is 12.6. The summed E-state index contributed by atoms with van der Waals surface area (Å²) in [5.41, 5.74) is 0. The van der Waals surface area contributed by atoms with Gasteiger partial charge in [0.25, 0.3) is 0 Å². The van der Waals surface area contributed by atoms with Gasteiger partial charge in [-0.25, -0.2) is 0 Å². The van der Waals surface area contributed by atoms with Crippen LogP contribution in [0.1, 0.15) is 194 Å². The molecule has 4 nitrogen and oxygen atoms in total. The highest BCUT2D eigenvalue weighted by Crippen LogP contribution is 2.13. The predicted molar refractivity (Wildman–Crippen MR) is 211 cm³/mol. The van der Waals surface area contributed by atoms with Gasteiger partial charge in [-0.1, -0.05) is 177 Å². The Balaban J connectivity index is 3.68. The maximum Gasteiger partial charge on any atom is 0.220 e. The summed E-state index contributed by atoms with van der Waals surface area (Å²) in [5.74, 6) is -0.0955. The second-order valence-corrected chi connectivity index (χ2v) is 13.7. The molecule has 0 spiro atoms. The SMILES string of the molecule is CCC/C=C\C/C=C\CCCCCCCC(=O)NC(CO)C(O)/C=C/CC/C=C/CC/C=C/CCCCCCCCCCCCCCC. The van der Waals surface area contributed by atoms with Crippen LogP contribution in [0.25, 0.3) is 0 Å². The van der Waals surface area contributed by atoms with Gasteiger partial charge < -0.3 is 15.5 Å². The van der Waals surface area contributed by atoms with Crippen LogP contribution in [0.4, 0.5) is 0 Å². The Morgan fingerprint density at radius 1 is 0.500 bits per heavy atom. The Morgan fingerprint density at radius 2 is 0.917 bits per heavy atom. The standard InChI is InChI=1S/C44H79NO3/c1-3-5-7-9-11-13-15-17-18-19-20-21-22-23-24-25-26-28-29-31-33-35-37-39-43(47)42(41-46)45-44(48)40-38-36-34-32-30-27-16-14-12-10-8-6-4-2/h8,10,14,16,24-25,29,31,37,39,42-43,46-47H,3-7,9,11-13,15,17-23,26-28,30,32-36,38,40-41H2,1-2H3,(H,45,48)/b10-8-,16-14-,25-24+,31-29+,39-37+. The molecule has 2 atom stereocenters. The molecule has 0 aromatic carbocycles. The molecule has 0 bridgehead atoms. The lowest BCUT2D eigenvalue weighted by Crippen LogP contribution is -2.45. The second-order valence-electron chi connectivity index (χ2n) is 13.7. The number of rotatable bonds is 36. The van der Waals surface area contributed by atoms with Gasteiger partial charge >= 0.3 is 0 Å². The monoisotopic (exact) mass is 670 g/mol. The number of hydrogen-bond acceptors (Lipinski definition) is 3. The lowest BCUT2D eigenvalue weighted by molar-refractivity contribution is -0.123. The van der Waals surface area contributed by atoms with E-state index < -0.39 is 12.1 Å². The van der Waals surface area contributed by atoms with Crippen LogP contribution >= 0.6 is 0 Å². The van der Waals surface area contributed by atoms with Crippen LogP contribution in [0.15, 0.2) is 60.8 Å². The summed E-state index contributed by atoms with van der Waals surface area (Å²) in [4.78, 5) is 12.3. The summed E-state index contributed by atoms with van der Waals surface area (Å²) in [5, 5.41) is 22.9. The summed E-state index contributed by atoms with van der Waals surface area (Å²) in [7, 11) is 0. The van der Waals surface area contributed by atoms with Crippen LogP contribution in [0, 0.1) is 0 Å². The Kier molecular flexibility index (Phi) is 38.0. The average Bonchev–Trinajstić information content (AvgIpc) is 3.09. The Labute approximate surface area is 298 Å². The Hall–Kier alpha value is -1.91. The minimum Gasteiger partial charge on any atom is -0.394 e. The zero-order valence-electron chi connectivity index (χ0n) is 31.7. The number of aliphatic hydroxyl groups excluding tert-OH is 2. The van der Waals surface area contributed by atoms with Crippen LogP contribution in [0.2, 0.25) is 0 Å². The third-order valence-electron chi connectivity index (χ3n) is 8.93. The van der Waals surface area contributed by atoms with E-state index in [0.29, 0.717) is 6.42 Å². The lowest BCUT2D eigenvalue weighted by Gasteiger charge is -2.19. The summed E-state index contributed by atoms with van der Waals surface area (Å²) < 4.78 is 0. The fraction of sp³-hybridized carbons (Fsp3) is 0.750. The molecule has 1 amide bonds. The van der Waals surface area contributed by atoms with Gasteiger partial charge in [0.1, 0.15) is 0 Å². The zero-order valence-corrected chi connectivity index (χ0v) is 31.7. The number of carbonyl (C=O) groups is 1. The summed E-state index contributed by atoms with van der Waals surface area (Å²) in [6.45, 7) is 4.21. The van der Waals surface area contributed by atoms with Gasteiger partial charge in [-0.15, -0.1) is 0 Å². The van der Waals surface area contributed by atoms with E-state index in [1.165, 1.54) is 116 Å². The molecule has 48 heavy (non-hydrogen) atoms. The van der Waals surface area contributed by atoms with Gasteiger partial charge in [-0.2, -0.15) is 0 Å². The van der Waals surface area contributed by atoms with Crippen molar-refractivity contribution < 1.29 is 15.0 Å². The smallest absolute Gasteiger partial charge is 0.220 e. The van der Waals surface area contributed by atoms with Crippen LogP contribution in [0.3, 0.4) is 0 Å². The molecule has 4 heteroatoms. The molecule has 0 heterocycles. The van der Waals surface area contributed by atoms with Gasteiger partial charge in [0.2, 0.25) is 5.91 Å². The molecule has 3 N–H and O–H groups in total. The molecule has 0 aromatic rings. The highest BCUT2D eigenvalue weighted by molar-refractivity contribution is 5.76. The van der Waals surface area contributed by atoms with Crippen molar-refractivity contribution in [1.29, 1.82) is 0 Å². The molecule has 0 aliphatic carbocycles. The van der Waals surface area contributed by atoms with Gasteiger partial charge in [-0.3, -0.25) is 4.79 Å². The first-order valence-corrected chi connectivity index (χ1v) is 20.5. The van der Waals surface area contributed by atoms with Crippen molar-refractivity contribution in [3.8, 4) is 0 Å². The summed E-state index contributed by atoms with van der Waals surface area (Å²) in [6.07, 6.45) is 54.7. The van der Waals surface area contributed by atoms with E-state index in [0.717, 1.165) is 57.8 Å². The van der Waals surface area contributed by atoms with Crippen molar-refractivity contribution in [2.24, 2.45) is 0 Å². The van der Waals surface area contributed by atoms with Crippen LogP contribution in [-0.4, -0.2) is 34.9 Å². The largest absolute Gasteiger partial charge is 0.394 e. The van der Waals surface area contributed by atoms with Crippen molar-refractivity contribution in [3.63, 3.8) is 0 Å². The molecule has 278 valence electrons. The molecule has 0 aliphatic heterocycles. The van der Waals surface area contributed by atoms with Crippen LogP contribution in [0.5, 0.6) is 0 Å². The molecule has 0 aliphatic rings.